The first kappa shape index (κ1) is 11.8. The molecule has 0 saturated carbocycles. The molecular formula is C12H12N4O2. The Kier molecular flexibility index (Phi) is 3.70. The minimum absolute atomic E-state index is 0.0577. The molecule has 0 radical (unpaired) electrons. The number of nitrogens with one attached hydrogen (secondary N) is 2. The van der Waals surface area contributed by atoms with Gasteiger partial charge in [0.1, 0.15) is 6.54 Å². The number of hydrogen-bond acceptors (Lipinski definition) is 3. The Morgan fingerprint density at radius 2 is 2.00 bits per heavy atom. The van der Waals surface area contributed by atoms with Gasteiger partial charge in [-0.1, -0.05) is 18.2 Å². The molecule has 2 aromatic rings. The van der Waals surface area contributed by atoms with E-state index in [0.717, 1.165) is 0 Å². The van der Waals surface area contributed by atoms with Crippen LogP contribution in [0.15, 0.2) is 49.1 Å². The highest BCUT2D eigenvalue weighted by Gasteiger charge is 2.07. The molecule has 0 fully saturated rings. The number of nitrogens with zero attached hydrogens (tertiary/aromatic N) is 2. The molecule has 0 bridgehead atoms. The zero-order chi connectivity index (χ0) is 12.8. The highest BCUT2D eigenvalue weighted by Crippen LogP contribution is 2.03. The Hall–Kier alpha value is -2.63. The lowest BCUT2D eigenvalue weighted by Crippen LogP contribution is -2.36. The van der Waals surface area contributed by atoms with E-state index >= 15 is 0 Å². The first-order valence-corrected chi connectivity index (χ1v) is 5.35. The fraction of sp³-hybridized carbons (Fsp3) is 0.0833. The molecule has 0 aliphatic heterocycles. The molecule has 1 aromatic heterocycles. The number of carbonyl (C=O) groups is 2. The van der Waals surface area contributed by atoms with Crippen molar-refractivity contribution in [3.05, 3.63) is 49.1 Å². The number of rotatable bonds is 3. The van der Waals surface area contributed by atoms with Gasteiger partial charge in [-0.2, -0.15) is 0 Å². The normalized spacial score (nSPS) is 9.78. The number of carbonyl (C=O) groups excluding carboxylic acids is 2. The van der Waals surface area contributed by atoms with Crippen LogP contribution in [0.3, 0.4) is 0 Å². The molecule has 0 saturated heterocycles. The molecule has 6 nitrogen and oxygen atoms in total. The first-order valence-electron chi connectivity index (χ1n) is 5.35. The van der Waals surface area contributed by atoms with Crippen LogP contribution in [-0.2, 0) is 11.3 Å². The summed E-state index contributed by atoms with van der Waals surface area (Å²) >= 11 is 0. The fourth-order valence-corrected chi connectivity index (χ4v) is 1.40. The lowest BCUT2D eigenvalue weighted by molar-refractivity contribution is -0.120. The minimum Gasteiger partial charge on any atom is -0.328 e. The van der Waals surface area contributed by atoms with Gasteiger partial charge in [-0.15, -0.1) is 0 Å². The Morgan fingerprint density at radius 1 is 1.22 bits per heavy atom. The number of amides is 3. The van der Waals surface area contributed by atoms with Gasteiger partial charge < -0.3 is 9.88 Å². The summed E-state index contributed by atoms with van der Waals surface area (Å²) in [4.78, 5) is 26.8. The second-order valence-corrected chi connectivity index (χ2v) is 3.60. The Labute approximate surface area is 104 Å². The van der Waals surface area contributed by atoms with Crippen molar-refractivity contribution in [3.63, 3.8) is 0 Å². The van der Waals surface area contributed by atoms with Gasteiger partial charge in [-0.3, -0.25) is 10.1 Å². The van der Waals surface area contributed by atoms with E-state index in [1.165, 1.54) is 6.33 Å². The summed E-state index contributed by atoms with van der Waals surface area (Å²) in [7, 11) is 0. The number of imide groups is 1. The third-order valence-electron chi connectivity index (χ3n) is 2.17. The monoisotopic (exact) mass is 244 g/mol. The summed E-state index contributed by atoms with van der Waals surface area (Å²) in [6, 6.07) is 8.35. The molecule has 0 spiro atoms. The molecule has 2 N–H and O–H groups in total. The zero-order valence-corrected chi connectivity index (χ0v) is 9.54. The standard InChI is InChI=1S/C12H12N4O2/c17-11(8-16-7-6-13-9-16)15-12(18)14-10-4-2-1-3-5-10/h1-7,9H,8H2,(H2,14,15,17,18). The number of para-hydroxylation sites is 1. The van der Waals surface area contributed by atoms with Gasteiger partial charge in [-0.25, -0.2) is 9.78 Å². The number of hydrogen-bond donors (Lipinski definition) is 2. The summed E-state index contributed by atoms with van der Waals surface area (Å²) in [5, 5.41) is 4.79. The van der Waals surface area contributed by atoms with Gasteiger partial charge >= 0.3 is 6.03 Å². The Bertz CT molecular complexity index is 522. The van der Waals surface area contributed by atoms with E-state index in [2.05, 4.69) is 15.6 Å². The number of benzene rings is 1. The van der Waals surface area contributed by atoms with E-state index in [-0.39, 0.29) is 6.54 Å². The van der Waals surface area contributed by atoms with E-state index in [1.807, 2.05) is 6.07 Å². The van der Waals surface area contributed by atoms with Gasteiger partial charge in [0.2, 0.25) is 5.91 Å². The fourth-order valence-electron chi connectivity index (χ4n) is 1.40. The van der Waals surface area contributed by atoms with Crippen molar-refractivity contribution in [2.24, 2.45) is 0 Å². The molecule has 0 atom stereocenters. The number of aromatic nitrogens is 2. The summed E-state index contributed by atoms with van der Waals surface area (Å²) in [5.74, 6) is -0.401. The van der Waals surface area contributed by atoms with Crippen molar-refractivity contribution in [3.8, 4) is 0 Å². The average Bonchev–Trinajstić information content (AvgIpc) is 2.82. The predicted octanol–water partition coefficient (Wildman–Crippen LogP) is 1.23. The summed E-state index contributed by atoms with van der Waals surface area (Å²) < 4.78 is 1.57. The third kappa shape index (κ3) is 3.44. The molecule has 6 heteroatoms. The zero-order valence-electron chi connectivity index (χ0n) is 9.54. The van der Waals surface area contributed by atoms with Crippen molar-refractivity contribution in [2.75, 3.05) is 5.32 Å². The second kappa shape index (κ2) is 5.62. The van der Waals surface area contributed by atoms with Gasteiger partial charge in [-0.05, 0) is 12.1 Å². The maximum absolute atomic E-state index is 11.5. The minimum atomic E-state index is -0.550. The van der Waals surface area contributed by atoms with Crippen LogP contribution in [-0.4, -0.2) is 21.5 Å². The van der Waals surface area contributed by atoms with E-state index in [4.69, 9.17) is 0 Å². The van der Waals surface area contributed by atoms with Crippen molar-refractivity contribution in [1.82, 2.24) is 14.9 Å². The molecule has 0 aliphatic rings. The van der Waals surface area contributed by atoms with Gasteiger partial charge in [0, 0.05) is 18.1 Å². The Balaban J connectivity index is 1.82. The highest BCUT2D eigenvalue weighted by atomic mass is 16.2. The van der Waals surface area contributed by atoms with Crippen molar-refractivity contribution >= 4 is 17.6 Å². The van der Waals surface area contributed by atoms with E-state index in [1.54, 1.807) is 41.2 Å². The molecule has 92 valence electrons. The summed E-state index contributed by atoms with van der Waals surface area (Å²) in [6.07, 6.45) is 4.72. The number of anilines is 1. The summed E-state index contributed by atoms with van der Waals surface area (Å²) in [6.45, 7) is 0.0577. The van der Waals surface area contributed by atoms with Crippen LogP contribution in [0.1, 0.15) is 0 Å². The number of imidazole rings is 1. The summed E-state index contributed by atoms with van der Waals surface area (Å²) in [5.41, 5.74) is 0.630. The average molecular weight is 244 g/mol. The molecule has 0 unspecified atom stereocenters. The smallest absolute Gasteiger partial charge is 0.325 e. The van der Waals surface area contributed by atoms with Crippen LogP contribution >= 0.6 is 0 Å². The largest absolute Gasteiger partial charge is 0.328 e. The van der Waals surface area contributed by atoms with E-state index in [0.29, 0.717) is 5.69 Å². The molecular weight excluding hydrogens is 232 g/mol. The van der Waals surface area contributed by atoms with Gasteiger partial charge in [0.05, 0.1) is 6.33 Å². The van der Waals surface area contributed by atoms with Crippen molar-refractivity contribution in [1.29, 1.82) is 0 Å². The van der Waals surface area contributed by atoms with E-state index < -0.39 is 11.9 Å². The maximum Gasteiger partial charge on any atom is 0.325 e. The van der Waals surface area contributed by atoms with Crippen molar-refractivity contribution < 1.29 is 9.59 Å². The lowest BCUT2D eigenvalue weighted by Gasteiger charge is -2.06. The van der Waals surface area contributed by atoms with Crippen LogP contribution in [0.25, 0.3) is 0 Å². The topological polar surface area (TPSA) is 76.0 Å². The SMILES string of the molecule is O=C(Cn1ccnc1)NC(=O)Nc1ccccc1. The second-order valence-electron chi connectivity index (χ2n) is 3.60. The third-order valence-corrected chi connectivity index (χ3v) is 2.17. The first-order chi connectivity index (χ1) is 8.74. The predicted molar refractivity (Wildman–Crippen MR) is 65.8 cm³/mol. The maximum atomic E-state index is 11.5. The van der Waals surface area contributed by atoms with Gasteiger partial charge in [0.15, 0.2) is 0 Å². The van der Waals surface area contributed by atoms with Crippen molar-refractivity contribution in [2.45, 2.75) is 6.54 Å². The lowest BCUT2D eigenvalue weighted by atomic mass is 10.3. The molecule has 2 rings (SSSR count). The molecule has 3 amide bonds. The van der Waals surface area contributed by atoms with Crippen LogP contribution < -0.4 is 10.6 Å². The van der Waals surface area contributed by atoms with Crippen LogP contribution in [0.4, 0.5) is 10.5 Å². The quantitative estimate of drug-likeness (QED) is 0.852. The molecule has 1 aromatic carbocycles. The Morgan fingerprint density at radius 3 is 2.67 bits per heavy atom. The van der Waals surface area contributed by atoms with Gasteiger partial charge in [0.25, 0.3) is 0 Å². The highest BCUT2D eigenvalue weighted by molar-refractivity contribution is 6.01. The van der Waals surface area contributed by atoms with Crippen LogP contribution in [0.5, 0.6) is 0 Å². The van der Waals surface area contributed by atoms with Crippen LogP contribution in [0.2, 0.25) is 0 Å². The molecule has 0 aliphatic carbocycles. The molecule has 18 heavy (non-hydrogen) atoms. The molecule has 1 heterocycles. The van der Waals surface area contributed by atoms with E-state index in [9.17, 15) is 9.59 Å². The van der Waals surface area contributed by atoms with Crippen LogP contribution in [0, 0.1) is 0 Å². The number of urea groups is 1.